The van der Waals surface area contributed by atoms with Gasteiger partial charge in [0.15, 0.2) is 17.4 Å². The Hall–Kier alpha value is -1.77. The van der Waals surface area contributed by atoms with Gasteiger partial charge in [0, 0.05) is 0 Å². The van der Waals surface area contributed by atoms with Crippen molar-refractivity contribution in [3.8, 4) is 11.8 Å². The molecule has 0 aliphatic heterocycles. The highest BCUT2D eigenvalue weighted by Gasteiger charge is 2.44. The first-order chi connectivity index (χ1) is 11.4. The van der Waals surface area contributed by atoms with Crippen molar-refractivity contribution < 1.29 is 22.3 Å². The van der Waals surface area contributed by atoms with Gasteiger partial charge >= 0.3 is 0 Å². The second kappa shape index (κ2) is 7.42. The SMILES string of the molecule is CCCC[C@H]1CC[C@@](C#N)(c2c(F)c(F)c(OC)c(F)c2F)CC1. The van der Waals surface area contributed by atoms with Crippen LogP contribution >= 0.6 is 0 Å². The van der Waals surface area contributed by atoms with Crippen molar-refractivity contribution >= 4 is 0 Å². The number of rotatable bonds is 5. The lowest BCUT2D eigenvalue weighted by molar-refractivity contribution is 0.245. The molecule has 0 N–H and O–H groups in total. The van der Waals surface area contributed by atoms with Crippen molar-refractivity contribution in [2.75, 3.05) is 7.11 Å². The quantitative estimate of drug-likeness (QED) is 0.530. The highest BCUT2D eigenvalue weighted by Crippen LogP contribution is 2.46. The van der Waals surface area contributed by atoms with E-state index < -0.39 is 40.0 Å². The summed E-state index contributed by atoms with van der Waals surface area (Å²) in [5.74, 6) is -6.95. The highest BCUT2D eigenvalue weighted by atomic mass is 19.2. The smallest absolute Gasteiger partial charge is 0.204 e. The Kier molecular flexibility index (Phi) is 5.74. The van der Waals surface area contributed by atoms with E-state index in [0.717, 1.165) is 26.4 Å². The molecular weight excluding hydrogens is 322 g/mol. The Morgan fingerprint density at radius 2 is 1.62 bits per heavy atom. The standard InChI is InChI=1S/C18H21F4NO/c1-3-4-5-11-6-8-18(10-23,9-7-11)12-13(19)15(21)17(24-2)16(22)14(12)20/h11H,3-9H2,1-2H3/t11-,18+. The van der Waals surface area contributed by atoms with Gasteiger partial charge < -0.3 is 4.74 Å². The van der Waals surface area contributed by atoms with Crippen LogP contribution in [0.1, 0.15) is 57.4 Å². The lowest BCUT2D eigenvalue weighted by Gasteiger charge is -2.36. The topological polar surface area (TPSA) is 33.0 Å². The molecule has 1 aromatic carbocycles. The molecular formula is C18H21F4NO. The van der Waals surface area contributed by atoms with E-state index in [1.54, 1.807) is 0 Å². The summed E-state index contributed by atoms with van der Waals surface area (Å²) in [6, 6.07) is 1.93. The second-order valence-electron chi connectivity index (χ2n) is 6.44. The van der Waals surface area contributed by atoms with Gasteiger partial charge in [-0.2, -0.15) is 14.0 Å². The summed E-state index contributed by atoms with van der Waals surface area (Å²) >= 11 is 0. The molecule has 0 bridgehead atoms. The molecule has 2 rings (SSSR count). The minimum Gasteiger partial charge on any atom is -0.491 e. The number of benzene rings is 1. The summed E-state index contributed by atoms with van der Waals surface area (Å²) in [4.78, 5) is 0. The molecule has 24 heavy (non-hydrogen) atoms. The minimum atomic E-state index is -1.59. The first-order valence-electron chi connectivity index (χ1n) is 8.23. The van der Waals surface area contributed by atoms with Gasteiger partial charge in [-0.25, -0.2) is 8.78 Å². The van der Waals surface area contributed by atoms with Gasteiger partial charge in [0.25, 0.3) is 0 Å². The first-order valence-corrected chi connectivity index (χ1v) is 8.23. The molecule has 0 spiro atoms. The van der Waals surface area contributed by atoms with E-state index in [0.29, 0.717) is 18.8 Å². The van der Waals surface area contributed by atoms with Gasteiger partial charge in [-0.1, -0.05) is 26.2 Å². The molecule has 0 saturated heterocycles. The summed E-state index contributed by atoms with van der Waals surface area (Å²) in [7, 11) is 0.930. The lowest BCUT2D eigenvalue weighted by Crippen LogP contribution is -2.33. The van der Waals surface area contributed by atoms with Gasteiger partial charge in [0.05, 0.1) is 24.2 Å². The summed E-state index contributed by atoms with van der Waals surface area (Å²) in [5.41, 5.74) is -2.33. The van der Waals surface area contributed by atoms with Crippen LogP contribution in [0.25, 0.3) is 0 Å². The number of ether oxygens (including phenoxy) is 1. The normalized spacial score (nSPS) is 23.8. The molecule has 0 amide bonds. The zero-order valence-electron chi connectivity index (χ0n) is 13.9. The third kappa shape index (κ3) is 3.09. The first kappa shape index (κ1) is 18.6. The Bertz CT molecular complexity index is 616. The van der Waals surface area contributed by atoms with E-state index in [9.17, 15) is 22.8 Å². The van der Waals surface area contributed by atoms with Crippen LogP contribution in [-0.4, -0.2) is 7.11 Å². The maximum Gasteiger partial charge on any atom is 0.204 e. The summed E-state index contributed by atoms with van der Waals surface area (Å²) in [5, 5.41) is 9.55. The zero-order chi connectivity index (χ0) is 17.9. The number of nitriles is 1. The molecule has 1 saturated carbocycles. The summed E-state index contributed by atoms with van der Waals surface area (Å²) in [6.07, 6.45) is 4.71. The number of halogens is 4. The molecule has 0 aromatic heterocycles. The monoisotopic (exact) mass is 343 g/mol. The van der Waals surface area contributed by atoms with Crippen LogP contribution in [0.15, 0.2) is 0 Å². The van der Waals surface area contributed by atoms with Crippen LogP contribution in [-0.2, 0) is 5.41 Å². The molecule has 1 aliphatic carbocycles. The Balaban J connectivity index is 2.41. The van der Waals surface area contributed by atoms with Crippen LogP contribution in [0, 0.1) is 40.5 Å². The molecule has 132 valence electrons. The zero-order valence-corrected chi connectivity index (χ0v) is 13.9. The average molecular weight is 343 g/mol. The Morgan fingerprint density at radius 3 is 2.04 bits per heavy atom. The molecule has 0 atom stereocenters. The molecule has 2 nitrogen and oxygen atoms in total. The summed E-state index contributed by atoms with van der Waals surface area (Å²) < 4.78 is 61.2. The van der Waals surface area contributed by atoms with Gasteiger partial charge in [-0.3, -0.25) is 0 Å². The second-order valence-corrected chi connectivity index (χ2v) is 6.44. The number of nitrogens with zero attached hydrogens (tertiary/aromatic N) is 1. The van der Waals surface area contributed by atoms with E-state index in [1.807, 2.05) is 6.07 Å². The van der Waals surface area contributed by atoms with Gasteiger partial charge in [0.1, 0.15) is 0 Å². The van der Waals surface area contributed by atoms with Crippen LogP contribution in [0.5, 0.6) is 5.75 Å². The third-order valence-corrected chi connectivity index (χ3v) is 5.04. The predicted molar refractivity (Wildman–Crippen MR) is 81.6 cm³/mol. The Morgan fingerprint density at radius 1 is 1.08 bits per heavy atom. The van der Waals surface area contributed by atoms with Crippen LogP contribution < -0.4 is 4.74 Å². The minimum absolute atomic E-state index is 0.191. The fraction of sp³-hybridized carbons (Fsp3) is 0.611. The van der Waals surface area contributed by atoms with Gasteiger partial charge in [-0.15, -0.1) is 0 Å². The number of unbranched alkanes of at least 4 members (excludes halogenated alkanes) is 1. The predicted octanol–water partition coefficient (Wildman–Crippen LogP) is 5.39. The van der Waals surface area contributed by atoms with Crippen molar-refractivity contribution in [1.82, 2.24) is 0 Å². The average Bonchev–Trinajstić information content (AvgIpc) is 2.60. The van der Waals surface area contributed by atoms with E-state index in [-0.39, 0.29) is 12.8 Å². The van der Waals surface area contributed by atoms with Crippen molar-refractivity contribution in [1.29, 1.82) is 5.26 Å². The Labute approximate surface area is 139 Å². The van der Waals surface area contributed by atoms with Crippen LogP contribution in [0.2, 0.25) is 0 Å². The number of hydrogen-bond acceptors (Lipinski definition) is 2. The molecule has 0 heterocycles. The molecule has 0 radical (unpaired) electrons. The van der Waals surface area contributed by atoms with Gasteiger partial charge in [-0.05, 0) is 31.6 Å². The third-order valence-electron chi connectivity index (χ3n) is 5.04. The fourth-order valence-electron chi connectivity index (χ4n) is 3.58. The molecule has 1 aromatic rings. The highest BCUT2D eigenvalue weighted by molar-refractivity contribution is 5.42. The van der Waals surface area contributed by atoms with E-state index in [4.69, 9.17) is 0 Å². The summed E-state index contributed by atoms with van der Waals surface area (Å²) in [6.45, 7) is 2.08. The maximum absolute atomic E-state index is 14.4. The van der Waals surface area contributed by atoms with Gasteiger partial charge in [0.2, 0.25) is 11.6 Å². The van der Waals surface area contributed by atoms with E-state index in [1.165, 1.54) is 0 Å². The number of methoxy groups -OCH3 is 1. The molecule has 1 aliphatic rings. The molecule has 0 unspecified atom stereocenters. The number of hydrogen-bond donors (Lipinski definition) is 0. The van der Waals surface area contributed by atoms with Crippen molar-refractivity contribution in [2.45, 2.75) is 57.3 Å². The molecule has 6 heteroatoms. The van der Waals surface area contributed by atoms with Crippen molar-refractivity contribution in [2.24, 2.45) is 5.92 Å². The van der Waals surface area contributed by atoms with E-state index in [2.05, 4.69) is 11.7 Å². The largest absolute Gasteiger partial charge is 0.491 e. The molecule has 1 fully saturated rings. The van der Waals surface area contributed by atoms with Crippen LogP contribution in [0.4, 0.5) is 17.6 Å². The lowest BCUT2D eigenvalue weighted by atomic mass is 9.66. The van der Waals surface area contributed by atoms with Crippen molar-refractivity contribution in [3.63, 3.8) is 0 Å². The van der Waals surface area contributed by atoms with Crippen molar-refractivity contribution in [3.05, 3.63) is 28.8 Å². The van der Waals surface area contributed by atoms with E-state index >= 15 is 0 Å². The fourth-order valence-corrected chi connectivity index (χ4v) is 3.58. The maximum atomic E-state index is 14.4. The van der Waals surface area contributed by atoms with Crippen LogP contribution in [0.3, 0.4) is 0 Å².